The smallest absolute Gasteiger partial charge is 0.345 e. The van der Waals surface area contributed by atoms with Gasteiger partial charge in [-0.15, -0.1) is 0 Å². The van der Waals surface area contributed by atoms with Gasteiger partial charge < -0.3 is 9.80 Å². The van der Waals surface area contributed by atoms with Crippen LogP contribution < -0.4 is 4.90 Å². The van der Waals surface area contributed by atoms with Crippen LogP contribution in [-0.2, 0) is 6.18 Å². The SMILES string of the molecule is O=C(c1ccc(C(F)(F)F)cc1)N1CCN(c2nc3ccc(Cl)cc3s2)CC1. The highest BCUT2D eigenvalue weighted by Gasteiger charge is 2.31. The number of nitrogens with zero attached hydrogens (tertiary/aromatic N) is 3. The number of hydrogen-bond donors (Lipinski definition) is 0. The predicted molar refractivity (Wildman–Crippen MR) is 104 cm³/mol. The zero-order valence-electron chi connectivity index (χ0n) is 14.5. The molecular formula is C19H15ClF3N3OS. The molecule has 0 bridgehead atoms. The van der Waals surface area contributed by atoms with Crippen molar-refractivity contribution in [3.8, 4) is 0 Å². The summed E-state index contributed by atoms with van der Waals surface area (Å²) in [7, 11) is 0. The molecule has 2 aromatic carbocycles. The first-order chi connectivity index (χ1) is 13.3. The Kier molecular flexibility index (Phi) is 4.93. The molecule has 0 aliphatic carbocycles. The number of carbonyl (C=O) groups excluding carboxylic acids is 1. The summed E-state index contributed by atoms with van der Waals surface area (Å²) in [5.41, 5.74) is 0.383. The molecule has 28 heavy (non-hydrogen) atoms. The van der Waals surface area contributed by atoms with Gasteiger partial charge in [0.15, 0.2) is 5.13 Å². The topological polar surface area (TPSA) is 36.4 Å². The van der Waals surface area contributed by atoms with Crippen molar-refractivity contribution < 1.29 is 18.0 Å². The Hall–Kier alpha value is -2.32. The van der Waals surface area contributed by atoms with Gasteiger partial charge in [-0.2, -0.15) is 13.2 Å². The van der Waals surface area contributed by atoms with E-state index in [1.54, 1.807) is 22.3 Å². The number of hydrogen-bond acceptors (Lipinski definition) is 4. The van der Waals surface area contributed by atoms with E-state index in [0.717, 1.165) is 27.5 Å². The standard InChI is InChI=1S/C19H15ClF3N3OS/c20-14-5-6-15-16(11-14)28-18(24-15)26-9-7-25(8-10-26)17(27)12-1-3-13(4-2-12)19(21,22)23/h1-6,11H,7-10H2. The number of piperazine rings is 1. The van der Waals surface area contributed by atoms with Crippen molar-refractivity contribution in [2.75, 3.05) is 31.1 Å². The second kappa shape index (κ2) is 7.25. The van der Waals surface area contributed by atoms with Crippen molar-refractivity contribution >= 4 is 44.2 Å². The molecule has 1 fully saturated rings. The number of carbonyl (C=O) groups is 1. The van der Waals surface area contributed by atoms with E-state index in [9.17, 15) is 18.0 Å². The Morgan fingerprint density at radius 2 is 1.71 bits per heavy atom. The number of rotatable bonds is 2. The second-order valence-corrected chi connectivity index (χ2v) is 7.91. The normalized spacial score (nSPS) is 15.3. The lowest BCUT2D eigenvalue weighted by atomic mass is 10.1. The van der Waals surface area contributed by atoms with E-state index in [1.165, 1.54) is 12.1 Å². The first-order valence-corrected chi connectivity index (χ1v) is 9.78. The van der Waals surface area contributed by atoms with Gasteiger partial charge in [-0.1, -0.05) is 22.9 Å². The van der Waals surface area contributed by atoms with E-state index >= 15 is 0 Å². The summed E-state index contributed by atoms with van der Waals surface area (Å²) in [5, 5.41) is 1.54. The Morgan fingerprint density at radius 3 is 2.36 bits per heavy atom. The molecule has 1 amide bonds. The summed E-state index contributed by atoms with van der Waals surface area (Å²) in [6.07, 6.45) is -4.41. The van der Waals surface area contributed by atoms with Crippen LogP contribution in [0.2, 0.25) is 5.02 Å². The lowest BCUT2D eigenvalue weighted by Crippen LogP contribution is -2.48. The fourth-order valence-corrected chi connectivity index (χ4v) is 4.40. The van der Waals surface area contributed by atoms with Crippen LogP contribution in [0.5, 0.6) is 0 Å². The lowest BCUT2D eigenvalue weighted by molar-refractivity contribution is -0.137. The molecule has 1 aromatic heterocycles. The first kappa shape index (κ1) is 19.0. The largest absolute Gasteiger partial charge is 0.416 e. The molecule has 1 aliphatic rings. The maximum absolute atomic E-state index is 12.7. The van der Waals surface area contributed by atoms with Crippen LogP contribution in [0, 0.1) is 0 Å². The van der Waals surface area contributed by atoms with Gasteiger partial charge in [0.2, 0.25) is 0 Å². The first-order valence-electron chi connectivity index (χ1n) is 8.59. The fourth-order valence-electron chi connectivity index (χ4n) is 3.11. The van der Waals surface area contributed by atoms with Crippen LogP contribution in [-0.4, -0.2) is 42.0 Å². The van der Waals surface area contributed by atoms with Gasteiger partial charge in [0.25, 0.3) is 5.91 Å². The van der Waals surface area contributed by atoms with Crippen molar-refractivity contribution in [3.63, 3.8) is 0 Å². The third-order valence-electron chi connectivity index (χ3n) is 4.64. The number of aromatic nitrogens is 1. The zero-order chi connectivity index (χ0) is 19.9. The highest BCUT2D eigenvalue weighted by Crippen LogP contribution is 2.32. The molecule has 0 radical (unpaired) electrons. The number of thiazole rings is 1. The number of halogens is 4. The van der Waals surface area contributed by atoms with Crippen LogP contribution in [0.3, 0.4) is 0 Å². The van der Waals surface area contributed by atoms with E-state index in [1.807, 2.05) is 12.1 Å². The average molecular weight is 426 g/mol. The molecule has 4 nitrogen and oxygen atoms in total. The van der Waals surface area contributed by atoms with Crippen LogP contribution in [0.25, 0.3) is 10.2 Å². The fraction of sp³-hybridized carbons (Fsp3) is 0.263. The van der Waals surface area contributed by atoms with E-state index in [-0.39, 0.29) is 11.5 Å². The molecule has 4 rings (SSSR count). The Morgan fingerprint density at radius 1 is 1.04 bits per heavy atom. The Bertz CT molecular complexity index is 1010. The maximum Gasteiger partial charge on any atom is 0.416 e. The lowest BCUT2D eigenvalue weighted by Gasteiger charge is -2.34. The van der Waals surface area contributed by atoms with Crippen molar-refractivity contribution in [3.05, 3.63) is 58.6 Å². The molecule has 9 heteroatoms. The van der Waals surface area contributed by atoms with Gasteiger partial charge in [-0.3, -0.25) is 4.79 Å². The Labute approximate surface area is 168 Å². The Balaban J connectivity index is 1.42. The number of amides is 1. The van der Waals surface area contributed by atoms with Gasteiger partial charge in [0.1, 0.15) is 0 Å². The van der Waals surface area contributed by atoms with Crippen molar-refractivity contribution in [2.24, 2.45) is 0 Å². The number of alkyl halides is 3. The molecule has 0 N–H and O–H groups in total. The minimum atomic E-state index is -4.41. The van der Waals surface area contributed by atoms with Crippen LogP contribution in [0.1, 0.15) is 15.9 Å². The van der Waals surface area contributed by atoms with E-state index in [0.29, 0.717) is 31.2 Å². The monoisotopic (exact) mass is 425 g/mol. The minimum absolute atomic E-state index is 0.260. The molecule has 1 aliphatic heterocycles. The number of anilines is 1. The summed E-state index contributed by atoms with van der Waals surface area (Å²) in [6.45, 7) is 2.19. The summed E-state index contributed by atoms with van der Waals surface area (Å²) in [4.78, 5) is 21.0. The van der Waals surface area contributed by atoms with Crippen LogP contribution in [0.15, 0.2) is 42.5 Å². The van der Waals surface area contributed by atoms with E-state index < -0.39 is 11.7 Å². The average Bonchev–Trinajstić information content (AvgIpc) is 3.10. The van der Waals surface area contributed by atoms with Gasteiger partial charge in [0.05, 0.1) is 15.8 Å². The van der Waals surface area contributed by atoms with Crippen molar-refractivity contribution in [2.45, 2.75) is 6.18 Å². The summed E-state index contributed by atoms with van der Waals surface area (Å²) in [6, 6.07) is 9.90. The quantitative estimate of drug-likeness (QED) is 0.584. The maximum atomic E-state index is 12.7. The molecule has 2 heterocycles. The zero-order valence-corrected chi connectivity index (χ0v) is 16.1. The summed E-state index contributed by atoms with van der Waals surface area (Å²) >= 11 is 7.57. The predicted octanol–water partition coefficient (Wildman–Crippen LogP) is 4.93. The van der Waals surface area contributed by atoms with E-state index in [2.05, 4.69) is 9.88 Å². The molecule has 0 spiro atoms. The highest BCUT2D eigenvalue weighted by atomic mass is 35.5. The minimum Gasteiger partial charge on any atom is -0.345 e. The second-order valence-electron chi connectivity index (χ2n) is 6.46. The molecule has 0 saturated carbocycles. The molecule has 146 valence electrons. The summed E-state index contributed by atoms with van der Waals surface area (Å²) in [5.74, 6) is -0.260. The van der Waals surface area contributed by atoms with Gasteiger partial charge in [-0.25, -0.2) is 4.98 Å². The van der Waals surface area contributed by atoms with Crippen LogP contribution >= 0.6 is 22.9 Å². The van der Waals surface area contributed by atoms with Crippen LogP contribution in [0.4, 0.5) is 18.3 Å². The highest BCUT2D eigenvalue weighted by molar-refractivity contribution is 7.22. The third-order valence-corrected chi connectivity index (χ3v) is 5.95. The number of benzene rings is 2. The molecule has 3 aromatic rings. The number of fused-ring (bicyclic) bond motifs is 1. The van der Waals surface area contributed by atoms with Crippen molar-refractivity contribution in [1.29, 1.82) is 0 Å². The van der Waals surface area contributed by atoms with Gasteiger partial charge in [0, 0.05) is 36.8 Å². The molecular weight excluding hydrogens is 411 g/mol. The third kappa shape index (κ3) is 3.79. The molecule has 1 saturated heterocycles. The van der Waals surface area contributed by atoms with Crippen molar-refractivity contribution in [1.82, 2.24) is 9.88 Å². The molecule has 0 unspecified atom stereocenters. The van der Waals surface area contributed by atoms with Gasteiger partial charge in [-0.05, 0) is 42.5 Å². The van der Waals surface area contributed by atoms with E-state index in [4.69, 9.17) is 11.6 Å². The summed E-state index contributed by atoms with van der Waals surface area (Å²) < 4.78 is 39.0. The van der Waals surface area contributed by atoms with Gasteiger partial charge >= 0.3 is 6.18 Å². The molecule has 0 atom stereocenters.